The fraction of sp³-hybridized carbons (Fsp3) is 0.250. The van der Waals surface area contributed by atoms with E-state index in [9.17, 15) is 8.78 Å². The van der Waals surface area contributed by atoms with Gasteiger partial charge < -0.3 is 4.74 Å². The SMILES string of the molecule is COc1ccc(C)cc1CC(NN)c1cccc(F)c1F. The van der Waals surface area contributed by atoms with E-state index in [1.165, 1.54) is 12.1 Å². The van der Waals surface area contributed by atoms with E-state index in [1.54, 1.807) is 7.11 Å². The molecule has 5 heteroatoms. The molecule has 0 radical (unpaired) electrons. The molecule has 2 rings (SSSR count). The van der Waals surface area contributed by atoms with Crippen molar-refractivity contribution in [3.05, 3.63) is 64.7 Å². The molecule has 0 aliphatic heterocycles. The second kappa shape index (κ2) is 6.65. The van der Waals surface area contributed by atoms with E-state index in [-0.39, 0.29) is 5.56 Å². The van der Waals surface area contributed by atoms with Crippen LogP contribution in [0.2, 0.25) is 0 Å². The minimum absolute atomic E-state index is 0.195. The van der Waals surface area contributed by atoms with Gasteiger partial charge in [-0.3, -0.25) is 11.3 Å². The van der Waals surface area contributed by atoms with Gasteiger partial charge in [0, 0.05) is 5.56 Å². The molecule has 3 N–H and O–H groups in total. The van der Waals surface area contributed by atoms with Gasteiger partial charge in [0.2, 0.25) is 0 Å². The van der Waals surface area contributed by atoms with Crippen LogP contribution in [0.5, 0.6) is 5.75 Å². The third-order valence-electron chi connectivity index (χ3n) is 3.42. The Morgan fingerprint density at radius 3 is 2.67 bits per heavy atom. The van der Waals surface area contributed by atoms with Crippen molar-refractivity contribution in [3.63, 3.8) is 0 Å². The Balaban J connectivity index is 2.35. The number of hydrogen-bond acceptors (Lipinski definition) is 3. The van der Waals surface area contributed by atoms with Crippen molar-refractivity contribution in [1.29, 1.82) is 0 Å². The van der Waals surface area contributed by atoms with Crippen molar-refractivity contribution >= 4 is 0 Å². The van der Waals surface area contributed by atoms with Gasteiger partial charge in [0.1, 0.15) is 5.75 Å². The summed E-state index contributed by atoms with van der Waals surface area (Å²) >= 11 is 0. The van der Waals surface area contributed by atoms with Crippen LogP contribution in [-0.2, 0) is 6.42 Å². The molecule has 0 spiro atoms. The number of benzene rings is 2. The Kier molecular flexibility index (Phi) is 4.88. The number of aryl methyl sites for hydroxylation is 1. The molecule has 3 nitrogen and oxygen atoms in total. The van der Waals surface area contributed by atoms with Gasteiger partial charge in [-0.2, -0.15) is 0 Å². The van der Waals surface area contributed by atoms with Crippen molar-refractivity contribution < 1.29 is 13.5 Å². The largest absolute Gasteiger partial charge is 0.496 e. The molecule has 0 aliphatic rings. The normalized spacial score (nSPS) is 12.2. The Hall–Kier alpha value is -1.98. The summed E-state index contributed by atoms with van der Waals surface area (Å²) in [6.07, 6.45) is 0.391. The average molecular weight is 292 g/mol. The molecule has 112 valence electrons. The highest BCUT2D eigenvalue weighted by molar-refractivity contribution is 5.38. The summed E-state index contributed by atoms with van der Waals surface area (Å²) in [6, 6.07) is 9.24. The van der Waals surface area contributed by atoms with Crippen LogP contribution in [-0.4, -0.2) is 7.11 Å². The molecule has 2 aromatic carbocycles. The van der Waals surface area contributed by atoms with Crippen LogP contribution >= 0.6 is 0 Å². The van der Waals surface area contributed by atoms with Crippen molar-refractivity contribution in [3.8, 4) is 5.75 Å². The quantitative estimate of drug-likeness (QED) is 0.658. The molecule has 0 saturated heterocycles. The number of hydrazine groups is 1. The lowest BCUT2D eigenvalue weighted by atomic mass is 9.97. The Morgan fingerprint density at radius 1 is 1.24 bits per heavy atom. The van der Waals surface area contributed by atoms with E-state index < -0.39 is 17.7 Å². The molecule has 0 saturated carbocycles. The molecule has 0 aliphatic carbocycles. The van der Waals surface area contributed by atoms with Crippen LogP contribution in [0, 0.1) is 18.6 Å². The van der Waals surface area contributed by atoms with Crippen molar-refractivity contribution in [2.75, 3.05) is 7.11 Å². The van der Waals surface area contributed by atoms with Crippen LogP contribution in [0.15, 0.2) is 36.4 Å². The number of nitrogens with two attached hydrogens (primary N) is 1. The lowest BCUT2D eigenvalue weighted by Crippen LogP contribution is -2.30. The first-order valence-electron chi connectivity index (χ1n) is 6.60. The monoisotopic (exact) mass is 292 g/mol. The van der Waals surface area contributed by atoms with E-state index in [0.29, 0.717) is 12.2 Å². The summed E-state index contributed by atoms with van der Waals surface area (Å²) in [6.45, 7) is 1.95. The first-order valence-corrected chi connectivity index (χ1v) is 6.60. The van der Waals surface area contributed by atoms with Crippen LogP contribution in [0.3, 0.4) is 0 Å². The lowest BCUT2D eigenvalue weighted by Gasteiger charge is -2.19. The fourth-order valence-electron chi connectivity index (χ4n) is 2.34. The summed E-state index contributed by atoms with van der Waals surface area (Å²) in [7, 11) is 1.57. The summed E-state index contributed by atoms with van der Waals surface area (Å²) in [5.41, 5.74) is 4.67. The topological polar surface area (TPSA) is 47.3 Å². The Bertz CT molecular complexity index is 632. The van der Waals surface area contributed by atoms with Gasteiger partial charge >= 0.3 is 0 Å². The number of hydrogen-bond donors (Lipinski definition) is 2. The summed E-state index contributed by atoms with van der Waals surface area (Å²) in [4.78, 5) is 0. The van der Waals surface area contributed by atoms with Crippen LogP contribution < -0.4 is 16.0 Å². The number of nitrogens with one attached hydrogen (secondary N) is 1. The highest BCUT2D eigenvalue weighted by Crippen LogP contribution is 2.27. The van der Waals surface area contributed by atoms with Crippen LogP contribution in [0.1, 0.15) is 22.7 Å². The maximum absolute atomic E-state index is 13.9. The molecular formula is C16H18F2N2O. The Labute approximate surface area is 122 Å². The van der Waals surface area contributed by atoms with Gasteiger partial charge in [-0.15, -0.1) is 0 Å². The number of ether oxygens (including phenoxy) is 1. The average Bonchev–Trinajstić information content (AvgIpc) is 2.48. The van der Waals surface area contributed by atoms with E-state index in [2.05, 4.69) is 5.43 Å². The summed E-state index contributed by atoms with van der Waals surface area (Å²) in [5, 5.41) is 0. The first-order chi connectivity index (χ1) is 10.1. The van der Waals surface area contributed by atoms with Crippen molar-refractivity contribution in [1.82, 2.24) is 5.43 Å². The Morgan fingerprint density at radius 2 is 2.00 bits per heavy atom. The zero-order valence-electron chi connectivity index (χ0n) is 12.0. The first kappa shape index (κ1) is 15.4. The zero-order chi connectivity index (χ0) is 15.4. The molecule has 2 aromatic rings. The lowest BCUT2D eigenvalue weighted by molar-refractivity contribution is 0.403. The molecular weight excluding hydrogens is 274 g/mol. The predicted octanol–water partition coefficient (Wildman–Crippen LogP) is 3.03. The minimum Gasteiger partial charge on any atom is -0.496 e. The molecule has 0 heterocycles. The second-order valence-electron chi connectivity index (χ2n) is 4.88. The van der Waals surface area contributed by atoms with Crippen LogP contribution in [0.25, 0.3) is 0 Å². The maximum Gasteiger partial charge on any atom is 0.163 e. The van der Waals surface area contributed by atoms with Gasteiger partial charge in [-0.05, 0) is 31.0 Å². The number of methoxy groups -OCH3 is 1. The van der Waals surface area contributed by atoms with E-state index in [4.69, 9.17) is 10.6 Å². The molecule has 1 unspecified atom stereocenters. The molecule has 0 aromatic heterocycles. The standard InChI is InChI=1S/C16H18F2N2O/c1-10-6-7-15(21-2)11(8-10)9-14(20-19)12-4-3-5-13(17)16(12)18/h3-8,14,20H,9,19H2,1-2H3. The van der Waals surface area contributed by atoms with Gasteiger partial charge in [0.05, 0.1) is 13.2 Å². The molecule has 0 fully saturated rings. The van der Waals surface area contributed by atoms with Gasteiger partial charge in [-0.1, -0.05) is 29.8 Å². The molecule has 1 atom stereocenters. The number of rotatable bonds is 5. The third kappa shape index (κ3) is 3.37. The molecule has 0 bridgehead atoms. The molecule has 0 amide bonds. The van der Waals surface area contributed by atoms with E-state index in [0.717, 1.165) is 17.2 Å². The second-order valence-corrected chi connectivity index (χ2v) is 4.88. The van der Waals surface area contributed by atoms with Gasteiger partial charge in [-0.25, -0.2) is 8.78 Å². The smallest absolute Gasteiger partial charge is 0.163 e. The minimum atomic E-state index is -0.885. The molecule has 21 heavy (non-hydrogen) atoms. The summed E-state index contributed by atoms with van der Waals surface area (Å²) < 4.78 is 32.6. The zero-order valence-corrected chi connectivity index (χ0v) is 12.0. The van der Waals surface area contributed by atoms with Crippen LogP contribution in [0.4, 0.5) is 8.78 Å². The van der Waals surface area contributed by atoms with Gasteiger partial charge in [0.25, 0.3) is 0 Å². The highest BCUT2D eigenvalue weighted by atomic mass is 19.2. The number of halogens is 2. The van der Waals surface area contributed by atoms with Crippen molar-refractivity contribution in [2.45, 2.75) is 19.4 Å². The van der Waals surface area contributed by atoms with Crippen molar-refractivity contribution in [2.24, 2.45) is 5.84 Å². The van der Waals surface area contributed by atoms with Gasteiger partial charge in [0.15, 0.2) is 11.6 Å². The van der Waals surface area contributed by atoms with E-state index >= 15 is 0 Å². The fourth-order valence-corrected chi connectivity index (χ4v) is 2.34. The maximum atomic E-state index is 13.9. The predicted molar refractivity (Wildman–Crippen MR) is 77.9 cm³/mol. The summed E-state index contributed by atoms with van der Waals surface area (Å²) in [5.74, 6) is 4.45. The highest BCUT2D eigenvalue weighted by Gasteiger charge is 2.19. The third-order valence-corrected chi connectivity index (χ3v) is 3.42. The van der Waals surface area contributed by atoms with E-state index in [1.807, 2.05) is 25.1 Å².